The summed E-state index contributed by atoms with van der Waals surface area (Å²) < 4.78 is 0. The molecule has 101 valence electrons. The van der Waals surface area contributed by atoms with Gasteiger partial charge in [-0.3, -0.25) is 5.32 Å². The Labute approximate surface area is 112 Å². The summed E-state index contributed by atoms with van der Waals surface area (Å²) in [6.07, 6.45) is 3.91. The number of hydrogen-bond donors (Lipinski definition) is 3. The second-order valence-electron chi connectivity index (χ2n) is 4.51. The fourth-order valence-corrected chi connectivity index (χ4v) is 2.54. The number of amides is 2. The molecule has 0 saturated heterocycles. The van der Waals surface area contributed by atoms with Crippen LogP contribution in [-0.2, 0) is 0 Å². The molecule has 19 heavy (non-hydrogen) atoms. The van der Waals surface area contributed by atoms with Gasteiger partial charge in [-0.1, -0.05) is 19.1 Å². The van der Waals surface area contributed by atoms with Crippen LogP contribution in [0.4, 0.5) is 10.6 Å². The van der Waals surface area contributed by atoms with Crippen molar-refractivity contribution in [2.24, 2.45) is 0 Å². The summed E-state index contributed by atoms with van der Waals surface area (Å²) in [5, 5.41) is 5.51. The maximum absolute atomic E-state index is 11.7. The van der Waals surface area contributed by atoms with Gasteiger partial charge in [0.15, 0.2) is 11.5 Å². The fraction of sp³-hybridized carbons (Fsp3) is 0.455. The van der Waals surface area contributed by atoms with E-state index in [0.717, 1.165) is 6.42 Å². The summed E-state index contributed by atoms with van der Waals surface area (Å²) in [6.45, 7) is 5.21. The number of hydrogen-bond acceptors (Lipinski definition) is 4. The minimum atomic E-state index is -0.254. The van der Waals surface area contributed by atoms with E-state index in [4.69, 9.17) is 0 Å². The first-order valence-electron chi connectivity index (χ1n) is 6.15. The van der Waals surface area contributed by atoms with Crippen LogP contribution in [0.25, 0.3) is 11.2 Å². The SMILES string of the molecule is C[Si](C)CCCNC(=O)Nc1ncnc2nc[nH]c12. The van der Waals surface area contributed by atoms with Gasteiger partial charge < -0.3 is 10.3 Å². The molecule has 0 spiro atoms. The van der Waals surface area contributed by atoms with Crippen molar-refractivity contribution in [2.45, 2.75) is 25.6 Å². The molecule has 2 aromatic heterocycles. The molecule has 1 radical (unpaired) electrons. The Bertz CT molecular complexity index is 555. The summed E-state index contributed by atoms with van der Waals surface area (Å²) in [6, 6.07) is 0.944. The highest BCUT2D eigenvalue weighted by Gasteiger charge is 2.08. The van der Waals surface area contributed by atoms with E-state index in [1.54, 1.807) is 0 Å². The molecule has 0 aromatic carbocycles. The molecular weight excluding hydrogens is 260 g/mol. The Kier molecular flexibility index (Phi) is 4.45. The van der Waals surface area contributed by atoms with Crippen molar-refractivity contribution in [3.8, 4) is 0 Å². The van der Waals surface area contributed by atoms with Crippen LogP contribution >= 0.6 is 0 Å². The van der Waals surface area contributed by atoms with Crippen molar-refractivity contribution >= 4 is 31.8 Å². The van der Waals surface area contributed by atoms with Crippen molar-refractivity contribution in [1.29, 1.82) is 0 Å². The second kappa shape index (κ2) is 6.28. The van der Waals surface area contributed by atoms with E-state index < -0.39 is 0 Å². The first-order chi connectivity index (χ1) is 9.16. The predicted octanol–water partition coefficient (Wildman–Crippen LogP) is 1.62. The first-order valence-corrected chi connectivity index (χ1v) is 8.85. The molecule has 2 rings (SSSR count). The van der Waals surface area contributed by atoms with Gasteiger partial charge in [-0.2, -0.15) is 0 Å². The lowest BCUT2D eigenvalue weighted by atomic mass is 10.4. The number of anilines is 1. The number of aromatic nitrogens is 4. The van der Waals surface area contributed by atoms with Crippen molar-refractivity contribution in [3.63, 3.8) is 0 Å². The number of H-pyrrole nitrogens is 1. The Morgan fingerprint density at radius 2 is 2.21 bits per heavy atom. The molecule has 0 fully saturated rings. The molecule has 0 aliphatic carbocycles. The molecule has 0 saturated carbocycles. The van der Waals surface area contributed by atoms with Gasteiger partial charge in [0.1, 0.15) is 11.8 Å². The van der Waals surface area contributed by atoms with Gasteiger partial charge >= 0.3 is 6.03 Å². The Hall–Kier alpha value is -1.96. The number of fused-ring (bicyclic) bond motifs is 1. The summed E-state index contributed by atoms with van der Waals surface area (Å²) in [5.41, 5.74) is 1.17. The van der Waals surface area contributed by atoms with E-state index >= 15 is 0 Å². The number of urea groups is 1. The lowest BCUT2D eigenvalue weighted by Gasteiger charge is -2.07. The summed E-state index contributed by atoms with van der Waals surface area (Å²) in [4.78, 5) is 26.6. The van der Waals surface area contributed by atoms with E-state index in [9.17, 15) is 4.79 Å². The highest BCUT2D eigenvalue weighted by molar-refractivity contribution is 6.55. The quantitative estimate of drug-likeness (QED) is 0.571. The standard InChI is InChI=1S/C11H17N6OSi/c1-19(2)5-3-4-12-11(18)17-10-8-9(14-6-13-8)15-7-16-10/h6-7H,3-5H2,1-2H3,(H3,12,13,14,15,16,17,18). The van der Waals surface area contributed by atoms with E-state index in [-0.39, 0.29) is 14.8 Å². The van der Waals surface area contributed by atoms with Crippen molar-refractivity contribution in [1.82, 2.24) is 25.3 Å². The monoisotopic (exact) mass is 277 g/mol. The summed E-state index contributed by atoms with van der Waals surface area (Å²) >= 11 is 0. The van der Waals surface area contributed by atoms with Gasteiger partial charge in [0.2, 0.25) is 0 Å². The van der Waals surface area contributed by atoms with Crippen molar-refractivity contribution < 1.29 is 4.79 Å². The third kappa shape index (κ3) is 3.75. The number of aromatic amines is 1. The molecule has 8 heteroatoms. The van der Waals surface area contributed by atoms with Crippen LogP contribution in [-0.4, -0.2) is 41.3 Å². The van der Waals surface area contributed by atoms with Gasteiger partial charge in [-0.25, -0.2) is 19.7 Å². The minimum absolute atomic E-state index is 0.217. The average molecular weight is 277 g/mol. The molecule has 2 amide bonds. The molecule has 7 nitrogen and oxygen atoms in total. The number of nitrogens with zero attached hydrogens (tertiary/aromatic N) is 3. The van der Waals surface area contributed by atoms with Gasteiger partial charge in [-0.15, -0.1) is 0 Å². The second-order valence-corrected chi connectivity index (χ2v) is 7.43. The molecule has 0 aliphatic rings. The van der Waals surface area contributed by atoms with Crippen molar-refractivity contribution in [2.75, 3.05) is 11.9 Å². The fourth-order valence-electron chi connectivity index (χ4n) is 1.66. The molecule has 0 atom stereocenters. The number of rotatable bonds is 5. The maximum Gasteiger partial charge on any atom is 0.320 e. The van der Waals surface area contributed by atoms with Gasteiger partial charge in [-0.05, 0) is 6.42 Å². The largest absolute Gasteiger partial charge is 0.340 e. The minimum Gasteiger partial charge on any atom is -0.340 e. The number of carbonyl (C=O) groups excluding carboxylic acids is 1. The van der Waals surface area contributed by atoms with Gasteiger partial charge in [0.05, 0.1) is 6.33 Å². The first kappa shape index (κ1) is 13.5. The van der Waals surface area contributed by atoms with E-state index in [2.05, 4.69) is 43.7 Å². The van der Waals surface area contributed by atoms with Crippen LogP contribution in [0, 0.1) is 0 Å². The zero-order chi connectivity index (χ0) is 13.7. The van der Waals surface area contributed by atoms with Crippen LogP contribution in [0.1, 0.15) is 6.42 Å². The van der Waals surface area contributed by atoms with E-state index in [0.29, 0.717) is 23.5 Å². The third-order valence-corrected chi connectivity index (χ3v) is 3.95. The van der Waals surface area contributed by atoms with Crippen LogP contribution in [0.15, 0.2) is 12.7 Å². The average Bonchev–Trinajstić information content (AvgIpc) is 2.84. The molecule has 2 aromatic rings. The lowest BCUT2D eigenvalue weighted by molar-refractivity contribution is 0.252. The normalized spacial score (nSPS) is 10.9. The highest BCUT2D eigenvalue weighted by atomic mass is 28.3. The van der Waals surface area contributed by atoms with Gasteiger partial charge in [0, 0.05) is 15.3 Å². The van der Waals surface area contributed by atoms with Crippen LogP contribution in [0.5, 0.6) is 0 Å². The lowest BCUT2D eigenvalue weighted by Crippen LogP contribution is -2.30. The zero-order valence-corrected chi connectivity index (χ0v) is 12.0. The summed E-state index contributed by atoms with van der Waals surface area (Å²) in [5.74, 6) is 0.440. The van der Waals surface area contributed by atoms with Crippen molar-refractivity contribution in [3.05, 3.63) is 12.7 Å². The molecule has 2 heterocycles. The topological polar surface area (TPSA) is 95.6 Å². The molecule has 0 bridgehead atoms. The Morgan fingerprint density at radius 3 is 3.00 bits per heavy atom. The Morgan fingerprint density at radius 1 is 1.37 bits per heavy atom. The van der Waals surface area contributed by atoms with Crippen LogP contribution < -0.4 is 10.6 Å². The maximum atomic E-state index is 11.7. The predicted molar refractivity (Wildman–Crippen MR) is 75.6 cm³/mol. The van der Waals surface area contributed by atoms with Crippen LogP contribution in [0.2, 0.25) is 19.1 Å². The number of carbonyl (C=O) groups is 1. The van der Waals surface area contributed by atoms with E-state index in [1.165, 1.54) is 18.7 Å². The molecular formula is C11H17N6OSi. The van der Waals surface area contributed by atoms with Gasteiger partial charge in [0.25, 0.3) is 0 Å². The highest BCUT2D eigenvalue weighted by Crippen LogP contribution is 2.13. The molecule has 3 N–H and O–H groups in total. The molecule has 0 aliphatic heterocycles. The van der Waals surface area contributed by atoms with E-state index in [1.807, 2.05) is 0 Å². The number of imidazole rings is 1. The Balaban J connectivity index is 1.87. The smallest absolute Gasteiger partial charge is 0.320 e. The molecule has 0 unspecified atom stereocenters. The zero-order valence-electron chi connectivity index (χ0n) is 11.0. The summed E-state index contributed by atoms with van der Waals surface area (Å²) in [7, 11) is -0.217. The third-order valence-electron chi connectivity index (χ3n) is 2.59. The number of nitrogens with one attached hydrogen (secondary N) is 3. The van der Waals surface area contributed by atoms with Crippen LogP contribution in [0.3, 0.4) is 0 Å².